The Morgan fingerprint density at radius 1 is 1.17 bits per heavy atom. The smallest absolute Gasteiger partial charge is 0.257 e. The van der Waals surface area contributed by atoms with E-state index in [0.717, 1.165) is 16.6 Å². The van der Waals surface area contributed by atoms with Gasteiger partial charge in [0, 0.05) is 21.3 Å². The van der Waals surface area contributed by atoms with Crippen LogP contribution in [-0.4, -0.2) is 10.9 Å². The fraction of sp³-hybridized carbons (Fsp3) is 0.111. The molecule has 0 aliphatic heterocycles. The van der Waals surface area contributed by atoms with E-state index >= 15 is 0 Å². The lowest BCUT2D eigenvalue weighted by Gasteiger charge is -2.01. The van der Waals surface area contributed by atoms with Gasteiger partial charge in [0.25, 0.3) is 5.91 Å². The summed E-state index contributed by atoms with van der Waals surface area (Å²) >= 11 is 4.90. The van der Waals surface area contributed by atoms with Gasteiger partial charge in [-0.25, -0.2) is 4.98 Å². The second kappa shape index (κ2) is 7.06. The van der Waals surface area contributed by atoms with Gasteiger partial charge in [-0.05, 0) is 30.7 Å². The predicted molar refractivity (Wildman–Crippen MR) is 98.2 cm³/mol. The van der Waals surface area contributed by atoms with Gasteiger partial charge in [-0.1, -0.05) is 52.3 Å². The maximum absolute atomic E-state index is 12.3. The van der Waals surface area contributed by atoms with Crippen LogP contribution in [-0.2, 0) is 6.42 Å². The normalized spacial score (nSPS) is 10.5. The molecule has 0 bridgehead atoms. The number of thiazole rings is 1. The van der Waals surface area contributed by atoms with Crippen molar-refractivity contribution in [2.45, 2.75) is 13.3 Å². The van der Waals surface area contributed by atoms with E-state index in [1.165, 1.54) is 21.8 Å². The van der Waals surface area contributed by atoms with E-state index in [-0.39, 0.29) is 5.91 Å². The van der Waals surface area contributed by atoms with Gasteiger partial charge in [-0.3, -0.25) is 10.1 Å². The number of anilines is 1. The van der Waals surface area contributed by atoms with Gasteiger partial charge in [0.15, 0.2) is 5.13 Å². The fourth-order valence-electron chi connectivity index (χ4n) is 2.23. The van der Waals surface area contributed by atoms with Crippen LogP contribution in [0.1, 0.15) is 26.5 Å². The van der Waals surface area contributed by atoms with Crippen molar-refractivity contribution >= 4 is 38.3 Å². The number of nitrogens with one attached hydrogen (secondary N) is 1. The van der Waals surface area contributed by atoms with Crippen LogP contribution in [0.25, 0.3) is 0 Å². The molecule has 0 spiro atoms. The van der Waals surface area contributed by atoms with Crippen LogP contribution in [0.5, 0.6) is 0 Å². The molecule has 1 amide bonds. The lowest BCUT2D eigenvalue weighted by molar-refractivity contribution is 0.102. The molecule has 3 rings (SSSR count). The van der Waals surface area contributed by atoms with Crippen molar-refractivity contribution in [1.82, 2.24) is 4.98 Å². The molecular formula is C18H15BrN2OS. The van der Waals surface area contributed by atoms with Crippen molar-refractivity contribution in [1.29, 1.82) is 0 Å². The number of carbonyl (C=O) groups excluding carboxylic acids is 1. The van der Waals surface area contributed by atoms with Crippen LogP contribution in [0.4, 0.5) is 5.13 Å². The third-order valence-electron chi connectivity index (χ3n) is 3.41. The first-order chi connectivity index (χ1) is 11.1. The third-order valence-corrected chi connectivity index (χ3v) is 4.97. The summed E-state index contributed by atoms with van der Waals surface area (Å²) in [5.74, 6) is -0.147. The number of benzene rings is 2. The number of hydrogen-bond acceptors (Lipinski definition) is 3. The molecule has 0 unspecified atom stereocenters. The van der Waals surface area contributed by atoms with E-state index < -0.39 is 0 Å². The van der Waals surface area contributed by atoms with Gasteiger partial charge in [0.1, 0.15) is 0 Å². The van der Waals surface area contributed by atoms with E-state index in [4.69, 9.17) is 0 Å². The van der Waals surface area contributed by atoms with Crippen LogP contribution < -0.4 is 5.32 Å². The summed E-state index contributed by atoms with van der Waals surface area (Å²) in [5, 5.41) is 3.52. The van der Waals surface area contributed by atoms with E-state index in [1.54, 1.807) is 12.1 Å². The summed E-state index contributed by atoms with van der Waals surface area (Å²) in [7, 11) is 0. The minimum Gasteiger partial charge on any atom is -0.298 e. The molecule has 0 saturated carbocycles. The van der Waals surface area contributed by atoms with E-state index in [1.807, 2.05) is 37.3 Å². The van der Waals surface area contributed by atoms with Crippen LogP contribution in [0.2, 0.25) is 0 Å². The summed E-state index contributed by atoms with van der Waals surface area (Å²) in [6.07, 6.45) is 0.830. The quantitative estimate of drug-likeness (QED) is 0.680. The average Bonchev–Trinajstić information content (AvgIpc) is 2.88. The van der Waals surface area contributed by atoms with Gasteiger partial charge in [0.2, 0.25) is 0 Å². The second-order valence-corrected chi connectivity index (χ2v) is 7.15. The van der Waals surface area contributed by atoms with Crippen molar-refractivity contribution in [3.05, 3.63) is 80.8 Å². The molecule has 3 nitrogen and oxygen atoms in total. The van der Waals surface area contributed by atoms with Crippen LogP contribution in [0, 0.1) is 6.92 Å². The first-order valence-electron chi connectivity index (χ1n) is 7.19. The highest BCUT2D eigenvalue weighted by molar-refractivity contribution is 9.10. The number of nitrogens with zero attached hydrogens (tertiary/aromatic N) is 1. The molecule has 5 heteroatoms. The molecule has 0 aliphatic rings. The molecular weight excluding hydrogens is 372 g/mol. The Kier molecular flexibility index (Phi) is 4.88. The highest BCUT2D eigenvalue weighted by Gasteiger charge is 2.12. The molecule has 1 heterocycles. The molecule has 0 radical (unpaired) electrons. The zero-order chi connectivity index (χ0) is 16.2. The monoisotopic (exact) mass is 386 g/mol. The summed E-state index contributed by atoms with van der Waals surface area (Å²) < 4.78 is 0.880. The van der Waals surface area contributed by atoms with E-state index in [9.17, 15) is 4.79 Å². The third kappa shape index (κ3) is 4.06. The van der Waals surface area contributed by atoms with Gasteiger partial charge in [-0.2, -0.15) is 0 Å². The first kappa shape index (κ1) is 15.9. The Labute approximate surface area is 147 Å². The Hall–Kier alpha value is -1.98. The zero-order valence-corrected chi connectivity index (χ0v) is 14.9. The van der Waals surface area contributed by atoms with Crippen LogP contribution >= 0.6 is 27.3 Å². The maximum Gasteiger partial charge on any atom is 0.257 e. The number of halogens is 1. The highest BCUT2D eigenvalue weighted by Crippen LogP contribution is 2.25. The van der Waals surface area contributed by atoms with Crippen molar-refractivity contribution in [3.8, 4) is 0 Å². The number of aromatic nitrogens is 1. The highest BCUT2D eigenvalue weighted by atomic mass is 79.9. The molecule has 116 valence electrons. The minimum atomic E-state index is -0.147. The molecule has 0 saturated heterocycles. The summed E-state index contributed by atoms with van der Waals surface area (Å²) in [5.41, 5.74) is 2.81. The molecule has 0 aliphatic carbocycles. The molecule has 1 aromatic heterocycles. The predicted octanol–water partition coefficient (Wildman–Crippen LogP) is 5.06. The van der Waals surface area contributed by atoms with Gasteiger partial charge in [-0.15, -0.1) is 11.3 Å². The molecule has 0 fully saturated rings. The Morgan fingerprint density at radius 3 is 2.70 bits per heavy atom. The number of rotatable bonds is 4. The summed E-state index contributed by atoms with van der Waals surface area (Å²) in [6, 6.07) is 17.6. The van der Waals surface area contributed by atoms with E-state index in [2.05, 4.69) is 38.4 Å². The Balaban J connectivity index is 1.74. The lowest BCUT2D eigenvalue weighted by atomic mass is 10.1. The maximum atomic E-state index is 12.3. The molecule has 2 aromatic carbocycles. The number of amides is 1. The van der Waals surface area contributed by atoms with Gasteiger partial charge in [0.05, 0.1) is 5.69 Å². The summed E-state index contributed by atoms with van der Waals surface area (Å²) in [6.45, 7) is 1.98. The Morgan fingerprint density at radius 2 is 1.96 bits per heavy atom. The largest absolute Gasteiger partial charge is 0.298 e. The molecule has 23 heavy (non-hydrogen) atoms. The van der Waals surface area contributed by atoms with Crippen molar-refractivity contribution in [2.24, 2.45) is 0 Å². The fourth-order valence-corrected chi connectivity index (χ4v) is 3.62. The van der Waals surface area contributed by atoms with Crippen molar-refractivity contribution in [2.75, 3.05) is 5.32 Å². The average molecular weight is 387 g/mol. The minimum absolute atomic E-state index is 0.147. The SMILES string of the molecule is Cc1nc(NC(=O)c2cccc(Br)c2)sc1Cc1ccccc1. The van der Waals surface area contributed by atoms with Crippen LogP contribution in [0.3, 0.4) is 0 Å². The number of carbonyl (C=O) groups is 1. The standard InChI is InChI=1S/C18H15BrN2OS/c1-12-16(10-13-6-3-2-4-7-13)23-18(20-12)21-17(22)14-8-5-9-15(19)11-14/h2-9,11H,10H2,1H3,(H,20,21,22). The van der Waals surface area contributed by atoms with Crippen molar-refractivity contribution < 1.29 is 4.79 Å². The van der Waals surface area contributed by atoms with Gasteiger partial charge < -0.3 is 0 Å². The molecule has 3 aromatic rings. The van der Waals surface area contributed by atoms with Gasteiger partial charge >= 0.3 is 0 Å². The number of aryl methyl sites for hydroxylation is 1. The number of hydrogen-bond donors (Lipinski definition) is 1. The topological polar surface area (TPSA) is 42.0 Å². The lowest BCUT2D eigenvalue weighted by Crippen LogP contribution is -2.11. The Bertz CT molecular complexity index is 830. The van der Waals surface area contributed by atoms with Crippen molar-refractivity contribution in [3.63, 3.8) is 0 Å². The molecule has 0 atom stereocenters. The first-order valence-corrected chi connectivity index (χ1v) is 8.80. The van der Waals surface area contributed by atoms with Crippen LogP contribution in [0.15, 0.2) is 59.1 Å². The van der Waals surface area contributed by atoms with E-state index in [0.29, 0.717) is 10.7 Å². The second-order valence-electron chi connectivity index (χ2n) is 5.15. The molecule has 1 N–H and O–H groups in total. The summed E-state index contributed by atoms with van der Waals surface area (Å²) in [4.78, 5) is 17.9. The zero-order valence-electron chi connectivity index (χ0n) is 12.5.